The first-order valence-corrected chi connectivity index (χ1v) is 11.0. The smallest absolute Gasteiger partial charge is 0.216 e. The molecule has 7 nitrogen and oxygen atoms in total. The Kier molecular flexibility index (Phi) is 7.02. The lowest BCUT2D eigenvalue weighted by molar-refractivity contribution is -0.119. The van der Waals surface area contributed by atoms with Gasteiger partial charge in [-0.15, -0.1) is 0 Å². The van der Waals surface area contributed by atoms with E-state index in [2.05, 4.69) is 25.5 Å². The van der Waals surface area contributed by atoms with Crippen molar-refractivity contribution in [2.75, 3.05) is 31.5 Å². The number of anilines is 2. The minimum Gasteiger partial charge on any atom is -0.490 e. The fourth-order valence-electron chi connectivity index (χ4n) is 3.75. The van der Waals surface area contributed by atoms with E-state index in [4.69, 9.17) is 16.3 Å². The molecule has 168 valence electrons. The summed E-state index contributed by atoms with van der Waals surface area (Å²) in [5.41, 5.74) is 1.41. The van der Waals surface area contributed by atoms with Crippen LogP contribution in [0.3, 0.4) is 0 Å². The molecule has 2 N–H and O–H groups in total. The molecule has 3 aromatic rings. The third-order valence-corrected chi connectivity index (χ3v) is 5.72. The number of nitrogens with one attached hydrogen (secondary N) is 2. The van der Waals surface area contributed by atoms with E-state index in [9.17, 15) is 9.18 Å². The Morgan fingerprint density at radius 3 is 2.78 bits per heavy atom. The van der Waals surface area contributed by atoms with Gasteiger partial charge in [-0.3, -0.25) is 4.79 Å². The first-order valence-electron chi connectivity index (χ1n) is 10.6. The molecule has 0 unspecified atom stereocenters. The zero-order valence-corrected chi connectivity index (χ0v) is 18.5. The van der Waals surface area contributed by atoms with Crippen molar-refractivity contribution >= 4 is 39.9 Å². The van der Waals surface area contributed by atoms with Crippen molar-refractivity contribution in [3.8, 4) is 5.75 Å². The summed E-state index contributed by atoms with van der Waals surface area (Å²) in [6.07, 6.45) is 3.44. The Balaban J connectivity index is 1.41. The molecule has 0 aliphatic carbocycles. The van der Waals surface area contributed by atoms with Gasteiger partial charge in [0.2, 0.25) is 5.91 Å². The maximum Gasteiger partial charge on any atom is 0.216 e. The summed E-state index contributed by atoms with van der Waals surface area (Å²) in [6.45, 7) is 4.91. The molecule has 1 aromatic heterocycles. The van der Waals surface area contributed by atoms with Crippen LogP contribution >= 0.6 is 11.6 Å². The zero-order chi connectivity index (χ0) is 22.5. The van der Waals surface area contributed by atoms with Crippen LogP contribution in [0.25, 0.3) is 10.9 Å². The number of hydrogen-bond acceptors (Lipinski definition) is 6. The lowest BCUT2D eigenvalue weighted by Crippen LogP contribution is -2.41. The zero-order valence-electron chi connectivity index (χ0n) is 17.8. The van der Waals surface area contributed by atoms with Crippen molar-refractivity contribution in [3.05, 3.63) is 53.6 Å². The number of halogens is 2. The van der Waals surface area contributed by atoms with Crippen LogP contribution in [0, 0.1) is 5.82 Å². The highest BCUT2D eigenvalue weighted by Crippen LogP contribution is 2.29. The molecule has 1 fully saturated rings. The van der Waals surface area contributed by atoms with Crippen molar-refractivity contribution in [1.82, 2.24) is 20.2 Å². The first kappa shape index (κ1) is 22.2. The number of carbonyl (C=O) groups excluding carboxylic acids is 1. The van der Waals surface area contributed by atoms with Gasteiger partial charge in [-0.05, 0) is 49.2 Å². The van der Waals surface area contributed by atoms with Crippen molar-refractivity contribution < 1.29 is 13.9 Å². The summed E-state index contributed by atoms with van der Waals surface area (Å²) >= 11 is 5.89. The summed E-state index contributed by atoms with van der Waals surface area (Å²) in [5, 5.41) is 6.86. The molecular formula is C23H25ClFN5O2. The van der Waals surface area contributed by atoms with E-state index < -0.39 is 5.82 Å². The highest BCUT2D eigenvalue weighted by Gasteiger charge is 2.20. The number of hydrogen-bond donors (Lipinski definition) is 2. The molecule has 1 aliphatic rings. The molecule has 1 saturated heterocycles. The SMILES string of the molecule is CC(=O)NCCN1CCC(Oc2ccc3ncnc(Nc4ccc(F)c(Cl)c4)c3c2)CC1. The predicted molar refractivity (Wildman–Crippen MR) is 123 cm³/mol. The molecule has 0 radical (unpaired) electrons. The molecular weight excluding hydrogens is 433 g/mol. The third-order valence-electron chi connectivity index (χ3n) is 5.43. The molecule has 9 heteroatoms. The molecule has 2 aromatic carbocycles. The Morgan fingerprint density at radius 1 is 1.22 bits per heavy atom. The Morgan fingerprint density at radius 2 is 2.03 bits per heavy atom. The van der Waals surface area contributed by atoms with E-state index in [1.165, 1.54) is 25.4 Å². The number of likely N-dealkylation sites (tertiary alicyclic amines) is 1. The lowest BCUT2D eigenvalue weighted by atomic mass is 10.1. The standard InChI is InChI=1S/C23H25ClFN5O2/c1-15(31)26-8-11-30-9-6-17(7-10-30)32-18-3-5-22-19(13-18)23(28-14-27-22)29-16-2-4-21(25)20(24)12-16/h2-5,12-14,17H,6-11H2,1H3,(H,26,31)(H,27,28,29). The van der Waals surface area contributed by atoms with Gasteiger partial charge >= 0.3 is 0 Å². The molecule has 1 amide bonds. The summed E-state index contributed by atoms with van der Waals surface area (Å²) in [7, 11) is 0. The van der Waals surface area contributed by atoms with Gasteiger partial charge in [-0.1, -0.05) is 11.6 Å². The number of amides is 1. The van der Waals surface area contributed by atoms with Crippen LogP contribution in [0.4, 0.5) is 15.9 Å². The van der Waals surface area contributed by atoms with Crippen LogP contribution < -0.4 is 15.4 Å². The van der Waals surface area contributed by atoms with Gasteiger partial charge in [0.15, 0.2) is 0 Å². The lowest BCUT2D eigenvalue weighted by Gasteiger charge is -2.32. The van der Waals surface area contributed by atoms with Gasteiger partial charge in [0.25, 0.3) is 0 Å². The second-order valence-electron chi connectivity index (χ2n) is 7.80. The second kappa shape index (κ2) is 10.1. The molecule has 0 spiro atoms. The van der Waals surface area contributed by atoms with Crippen LogP contribution in [-0.4, -0.2) is 53.1 Å². The molecule has 0 bridgehead atoms. The normalized spacial score (nSPS) is 15.0. The summed E-state index contributed by atoms with van der Waals surface area (Å²) in [4.78, 5) is 22.0. The number of aromatic nitrogens is 2. The molecule has 4 rings (SSSR count). The van der Waals surface area contributed by atoms with Crippen molar-refractivity contribution in [1.29, 1.82) is 0 Å². The van der Waals surface area contributed by atoms with E-state index in [1.54, 1.807) is 6.07 Å². The van der Waals surface area contributed by atoms with Gasteiger partial charge in [0.05, 0.1) is 10.5 Å². The number of piperidine rings is 1. The molecule has 0 atom stereocenters. The number of rotatable bonds is 7. The van der Waals surface area contributed by atoms with Gasteiger partial charge in [-0.2, -0.15) is 0 Å². The van der Waals surface area contributed by atoms with Crippen molar-refractivity contribution in [3.63, 3.8) is 0 Å². The van der Waals surface area contributed by atoms with Crippen LogP contribution in [0.15, 0.2) is 42.7 Å². The predicted octanol–water partition coefficient (Wildman–Crippen LogP) is 4.15. The van der Waals surface area contributed by atoms with E-state index >= 15 is 0 Å². The topological polar surface area (TPSA) is 79.4 Å². The first-order chi connectivity index (χ1) is 15.5. The highest BCUT2D eigenvalue weighted by atomic mass is 35.5. The monoisotopic (exact) mass is 457 g/mol. The maximum absolute atomic E-state index is 13.5. The minimum absolute atomic E-state index is 0.000104. The Bertz CT molecular complexity index is 1100. The van der Waals surface area contributed by atoms with Crippen LogP contribution in [0.2, 0.25) is 5.02 Å². The Hall–Kier alpha value is -2.97. The van der Waals surface area contributed by atoms with E-state index in [0.717, 1.165) is 49.1 Å². The van der Waals surface area contributed by atoms with E-state index in [0.29, 0.717) is 18.1 Å². The van der Waals surface area contributed by atoms with Crippen molar-refractivity contribution in [2.45, 2.75) is 25.9 Å². The summed E-state index contributed by atoms with van der Waals surface area (Å²) in [5.74, 6) is 0.876. The molecule has 2 heterocycles. The average Bonchev–Trinajstić information content (AvgIpc) is 2.78. The quantitative estimate of drug-likeness (QED) is 0.555. The average molecular weight is 458 g/mol. The van der Waals surface area contributed by atoms with Crippen LogP contribution in [0.1, 0.15) is 19.8 Å². The summed E-state index contributed by atoms with van der Waals surface area (Å²) < 4.78 is 19.7. The fourth-order valence-corrected chi connectivity index (χ4v) is 3.93. The number of benzene rings is 2. The van der Waals surface area contributed by atoms with Gasteiger partial charge in [0, 0.05) is 44.2 Å². The number of fused-ring (bicyclic) bond motifs is 1. The number of carbonyl (C=O) groups is 1. The second-order valence-corrected chi connectivity index (χ2v) is 8.20. The highest BCUT2D eigenvalue weighted by molar-refractivity contribution is 6.31. The van der Waals surface area contributed by atoms with Crippen LogP contribution in [-0.2, 0) is 4.79 Å². The molecule has 32 heavy (non-hydrogen) atoms. The number of nitrogens with zero attached hydrogens (tertiary/aromatic N) is 3. The van der Waals surface area contributed by atoms with Gasteiger partial charge < -0.3 is 20.3 Å². The number of ether oxygens (including phenoxy) is 1. The fraction of sp³-hybridized carbons (Fsp3) is 0.348. The van der Waals surface area contributed by atoms with Crippen molar-refractivity contribution in [2.24, 2.45) is 0 Å². The van der Waals surface area contributed by atoms with Crippen LogP contribution in [0.5, 0.6) is 5.75 Å². The molecule has 1 aliphatic heterocycles. The molecule has 0 saturated carbocycles. The third kappa shape index (κ3) is 5.63. The van der Waals surface area contributed by atoms with E-state index in [-0.39, 0.29) is 17.0 Å². The Labute approximate surface area is 190 Å². The largest absolute Gasteiger partial charge is 0.490 e. The van der Waals surface area contributed by atoms with Gasteiger partial charge in [0.1, 0.15) is 29.8 Å². The maximum atomic E-state index is 13.5. The minimum atomic E-state index is -0.471. The van der Waals surface area contributed by atoms with Gasteiger partial charge in [-0.25, -0.2) is 14.4 Å². The summed E-state index contributed by atoms with van der Waals surface area (Å²) in [6, 6.07) is 10.2. The van der Waals surface area contributed by atoms with E-state index in [1.807, 2.05) is 18.2 Å².